The monoisotopic (exact) mass is 289 g/mol. The lowest BCUT2D eigenvalue weighted by molar-refractivity contribution is -0.384. The van der Waals surface area contributed by atoms with Crippen molar-refractivity contribution in [2.45, 2.75) is 18.9 Å². The van der Waals surface area contributed by atoms with Crippen LogP contribution in [0.3, 0.4) is 0 Å². The number of piperidine rings is 1. The zero-order chi connectivity index (χ0) is 15.2. The molecule has 2 rings (SSSR count). The average molecular weight is 289 g/mol. The summed E-state index contributed by atoms with van der Waals surface area (Å²) in [5, 5.41) is 13.5. The molecule has 0 radical (unpaired) electrons. The number of carbonyl (C=O) groups is 1. The fourth-order valence-electron chi connectivity index (χ4n) is 2.28. The van der Waals surface area contributed by atoms with Gasteiger partial charge in [-0.3, -0.25) is 14.9 Å². The number of benzene rings is 1. The van der Waals surface area contributed by atoms with Gasteiger partial charge in [0.25, 0.3) is 5.69 Å². The maximum absolute atomic E-state index is 11.8. The Kier molecular flexibility index (Phi) is 5.05. The van der Waals surface area contributed by atoms with Gasteiger partial charge in [-0.25, -0.2) is 0 Å². The largest absolute Gasteiger partial charge is 0.350 e. The normalized spacial score (nSPS) is 17.0. The van der Waals surface area contributed by atoms with Crippen molar-refractivity contribution in [2.24, 2.45) is 0 Å². The molecule has 6 nitrogen and oxygen atoms in total. The first-order chi connectivity index (χ1) is 10.0. The van der Waals surface area contributed by atoms with Crippen molar-refractivity contribution in [1.82, 2.24) is 10.2 Å². The van der Waals surface area contributed by atoms with Crippen molar-refractivity contribution in [1.29, 1.82) is 0 Å². The topological polar surface area (TPSA) is 75.5 Å². The highest BCUT2D eigenvalue weighted by atomic mass is 16.6. The van der Waals surface area contributed by atoms with Crippen LogP contribution in [-0.2, 0) is 4.79 Å². The molecule has 1 aliphatic rings. The van der Waals surface area contributed by atoms with Gasteiger partial charge < -0.3 is 10.2 Å². The van der Waals surface area contributed by atoms with Crippen LogP contribution in [0.15, 0.2) is 30.3 Å². The predicted molar refractivity (Wildman–Crippen MR) is 80.8 cm³/mol. The van der Waals surface area contributed by atoms with Crippen LogP contribution in [-0.4, -0.2) is 41.9 Å². The molecule has 0 unspecified atom stereocenters. The molecular formula is C15H19N3O3. The molecule has 1 aromatic rings. The first kappa shape index (κ1) is 15.2. The van der Waals surface area contributed by atoms with E-state index in [0.29, 0.717) is 0 Å². The quantitative estimate of drug-likeness (QED) is 0.521. The van der Waals surface area contributed by atoms with E-state index in [0.717, 1.165) is 31.5 Å². The minimum Gasteiger partial charge on any atom is -0.350 e. The molecule has 6 heteroatoms. The number of nitrogens with zero attached hydrogens (tertiary/aromatic N) is 2. The Morgan fingerprint density at radius 1 is 1.33 bits per heavy atom. The summed E-state index contributed by atoms with van der Waals surface area (Å²) in [7, 11) is 2.08. The van der Waals surface area contributed by atoms with E-state index in [9.17, 15) is 14.9 Å². The number of carbonyl (C=O) groups excluding carboxylic acids is 1. The van der Waals surface area contributed by atoms with Crippen molar-refractivity contribution >= 4 is 17.7 Å². The fraction of sp³-hybridized carbons (Fsp3) is 0.400. The summed E-state index contributed by atoms with van der Waals surface area (Å²) < 4.78 is 0. The second kappa shape index (κ2) is 6.99. The highest BCUT2D eigenvalue weighted by Crippen LogP contribution is 2.13. The SMILES string of the molecule is CN1CCC(NC(=O)/C=C/c2ccc([N+](=O)[O-])cc2)CC1. The lowest BCUT2D eigenvalue weighted by Crippen LogP contribution is -2.42. The van der Waals surface area contributed by atoms with E-state index in [4.69, 9.17) is 0 Å². The van der Waals surface area contributed by atoms with Gasteiger partial charge in [-0.05, 0) is 56.8 Å². The van der Waals surface area contributed by atoms with Crippen molar-refractivity contribution in [3.63, 3.8) is 0 Å². The summed E-state index contributed by atoms with van der Waals surface area (Å²) >= 11 is 0. The zero-order valence-corrected chi connectivity index (χ0v) is 12.0. The van der Waals surface area contributed by atoms with Gasteiger partial charge in [0.2, 0.25) is 5.91 Å². The van der Waals surface area contributed by atoms with Crippen LogP contribution in [0.2, 0.25) is 0 Å². The molecule has 1 heterocycles. The number of nitrogens with one attached hydrogen (secondary N) is 1. The van der Waals surface area contributed by atoms with Gasteiger partial charge >= 0.3 is 0 Å². The molecule has 1 N–H and O–H groups in total. The average Bonchev–Trinajstić information content (AvgIpc) is 2.48. The lowest BCUT2D eigenvalue weighted by Gasteiger charge is -2.29. The summed E-state index contributed by atoms with van der Waals surface area (Å²) in [5.41, 5.74) is 0.807. The lowest BCUT2D eigenvalue weighted by atomic mass is 10.1. The maximum Gasteiger partial charge on any atom is 0.269 e. The van der Waals surface area contributed by atoms with Gasteiger partial charge in [0.15, 0.2) is 0 Å². The Morgan fingerprint density at radius 3 is 2.52 bits per heavy atom. The third kappa shape index (κ3) is 4.68. The van der Waals surface area contributed by atoms with Crippen molar-refractivity contribution in [3.8, 4) is 0 Å². The number of non-ortho nitro benzene ring substituents is 1. The summed E-state index contributed by atoms with van der Waals surface area (Å²) in [5.74, 6) is -0.122. The molecule has 0 aliphatic carbocycles. The maximum atomic E-state index is 11.8. The molecule has 0 aromatic heterocycles. The summed E-state index contributed by atoms with van der Waals surface area (Å²) in [6.45, 7) is 1.99. The zero-order valence-electron chi connectivity index (χ0n) is 12.0. The van der Waals surface area contributed by atoms with Gasteiger partial charge in [-0.1, -0.05) is 0 Å². The van der Waals surface area contributed by atoms with Gasteiger partial charge in [0.1, 0.15) is 0 Å². The number of nitro groups is 1. The molecule has 112 valence electrons. The second-order valence-corrected chi connectivity index (χ2v) is 5.27. The highest BCUT2D eigenvalue weighted by Gasteiger charge is 2.17. The molecule has 1 amide bonds. The predicted octanol–water partition coefficient (Wildman–Crippen LogP) is 1.82. The van der Waals surface area contributed by atoms with E-state index in [2.05, 4.69) is 17.3 Å². The third-order valence-electron chi connectivity index (χ3n) is 3.60. The van der Waals surface area contributed by atoms with E-state index in [1.807, 2.05) is 0 Å². The van der Waals surface area contributed by atoms with Gasteiger partial charge in [-0.2, -0.15) is 0 Å². The molecule has 1 fully saturated rings. The van der Waals surface area contributed by atoms with E-state index in [-0.39, 0.29) is 17.6 Å². The Bertz CT molecular complexity index is 532. The van der Waals surface area contributed by atoms with Crippen molar-refractivity contribution in [3.05, 3.63) is 46.0 Å². The smallest absolute Gasteiger partial charge is 0.269 e. The van der Waals surface area contributed by atoms with Gasteiger partial charge in [0, 0.05) is 24.3 Å². The Balaban J connectivity index is 1.85. The number of amides is 1. The Hall–Kier alpha value is -2.21. The van der Waals surface area contributed by atoms with Crippen molar-refractivity contribution < 1.29 is 9.72 Å². The van der Waals surface area contributed by atoms with Crippen molar-refractivity contribution in [2.75, 3.05) is 20.1 Å². The van der Waals surface area contributed by atoms with Crippen LogP contribution in [0.25, 0.3) is 6.08 Å². The molecule has 0 bridgehead atoms. The summed E-state index contributed by atoms with van der Waals surface area (Å²) in [4.78, 5) is 24.2. The molecule has 0 atom stereocenters. The number of hydrogen-bond donors (Lipinski definition) is 1. The standard InChI is InChI=1S/C15H19N3O3/c1-17-10-8-13(9-11-17)16-15(19)7-4-12-2-5-14(6-3-12)18(20)21/h2-7,13H,8-11H2,1H3,(H,16,19)/b7-4+. The van der Waals surface area contributed by atoms with Gasteiger partial charge in [-0.15, -0.1) is 0 Å². The minimum absolute atomic E-state index is 0.0444. The van der Waals surface area contributed by atoms with Crippen LogP contribution < -0.4 is 5.32 Å². The van der Waals surface area contributed by atoms with Gasteiger partial charge in [0.05, 0.1) is 4.92 Å². The van der Waals surface area contributed by atoms with Crippen LogP contribution >= 0.6 is 0 Å². The first-order valence-electron chi connectivity index (χ1n) is 6.96. The summed E-state index contributed by atoms with van der Waals surface area (Å²) in [6.07, 6.45) is 5.06. The Morgan fingerprint density at radius 2 is 1.95 bits per heavy atom. The van der Waals surface area contributed by atoms with Crippen LogP contribution in [0.5, 0.6) is 0 Å². The van der Waals surface area contributed by atoms with E-state index in [1.165, 1.54) is 18.2 Å². The molecular weight excluding hydrogens is 270 g/mol. The minimum atomic E-state index is -0.444. The first-order valence-corrected chi connectivity index (χ1v) is 6.96. The number of nitro benzene ring substituents is 1. The molecule has 1 saturated heterocycles. The van der Waals surface area contributed by atoms with E-state index in [1.54, 1.807) is 18.2 Å². The van der Waals surface area contributed by atoms with E-state index >= 15 is 0 Å². The van der Waals surface area contributed by atoms with E-state index < -0.39 is 4.92 Å². The molecule has 0 saturated carbocycles. The molecule has 1 aliphatic heterocycles. The van der Waals surface area contributed by atoms with Crippen LogP contribution in [0, 0.1) is 10.1 Å². The summed E-state index contributed by atoms with van der Waals surface area (Å²) in [6, 6.07) is 6.33. The second-order valence-electron chi connectivity index (χ2n) is 5.27. The number of rotatable bonds is 4. The number of hydrogen-bond acceptors (Lipinski definition) is 4. The highest BCUT2D eigenvalue weighted by molar-refractivity contribution is 5.91. The molecule has 1 aromatic carbocycles. The fourth-order valence-corrected chi connectivity index (χ4v) is 2.28. The molecule has 0 spiro atoms. The Labute approximate surface area is 123 Å². The molecule has 21 heavy (non-hydrogen) atoms. The number of likely N-dealkylation sites (tertiary alicyclic amines) is 1. The van der Waals surface area contributed by atoms with Crippen LogP contribution in [0.1, 0.15) is 18.4 Å². The van der Waals surface area contributed by atoms with Crippen LogP contribution in [0.4, 0.5) is 5.69 Å². The third-order valence-corrected chi connectivity index (χ3v) is 3.60.